The van der Waals surface area contributed by atoms with Crippen molar-refractivity contribution in [1.29, 1.82) is 0 Å². The van der Waals surface area contributed by atoms with E-state index >= 15 is 0 Å². The summed E-state index contributed by atoms with van der Waals surface area (Å²) in [5.41, 5.74) is 2.79. The first-order valence-electron chi connectivity index (χ1n) is 10.1. The van der Waals surface area contributed by atoms with Gasteiger partial charge in [-0.3, -0.25) is 14.8 Å². The molecule has 2 amide bonds. The zero-order valence-electron chi connectivity index (χ0n) is 17.4. The number of anilines is 1. The lowest BCUT2D eigenvalue weighted by atomic mass is 10.0. The third kappa shape index (κ3) is 5.25. The number of benzene rings is 2. The SMILES string of the molecule is CC(=O)NC[C@H]1CN(c2ccc(-c3ccc(CCSc4cnn[nH]4)cc3)c(F)c2)C(=O)O1. The van der Waals surface area contributed by atoms with E-state index in [9.17, 15) is 14.0 Å². The van der Waals surface area contributed by atoms with Gasteiger partial charge in [-0.15, -0.1) is 16.9 Å². The van der Waals surface area contributed by atoms with Crippen molar-refractivity contribution in [2.75, 3.05) is 23.7 Å². The van der Waals surface area contributed by atoms with Crippen molar-refractivity contribution in [2.24, 2.45) is 0 Å². The van der Waals surface area contributed by atoms with Crippen LogP contribution >= 0.6 is 11.8 Å². The van der Waals surface area contributed by atoms with Crippen LogP contribution in [0.4, 0.5) is 14.9 Å². The molecule has 0 unspecified atom stereocenters. The molecule has 2 N–H and O–H groups in total. The quantitative estimate of drug-likeness (QED) is 0.505. The van der Waals surface area contributed by atoms with E-state index in [1.807, 2.05) is 24.3 Å². The van der Waals surface area contributed by atoms with Crippen LogP contribution in [0.2, 0.25) is 0 Å². The van der Waals surface area contributed by atoms with Crippen molar-refractivity contribution >= 4 is 29.4 Å². The second-order valence-corrected chi connectivity index (χ2v) is 8.47. The summed E-state index contributed by atoms with van der Waals surface area (Å²) in [6, 6.07) is 12.4. The Labute approximate surface area is 188 Å². The summed E-state index contributed by atoms with van der Waals surface area (Å²) in [6.07, 6.45) is 1.53. The molecule has 1 fully saturated rings. The molecule has 10 heteroatoms. The Balaban J connectivity index is 1.38. The molecule has 0 aliphatic carbocycles. The number of aromatic nitrogens is 3. The number of hydrogen-bond donors (Lipinski definition) is 2. The smallest absolute Gasteiger partial charge is 0.414 e. The van der Waals surface area contributed by atoms with Gasteiger partial charge in [0.1, 0.15) is 16.9 Å². The number of rotatable bonds is 8. The summed E-state index contributed by atoms with van der Waals surface area (Å²) in [6.45, 7) is 1.87. The number of ether oxygens (including phenoxy) is 1. The summed E-state index contributed by atoms with van der Waals surface area (Å²) in [4.78, 5) is 24.6. The van der Waals surface area contributed by atoms with Crippen molar-refractivity contribution in [3.63, 3.8) is 0 Å². The minimum Gasteiger partial charge on any atom is -0.442 e. The molecule has 0 bridgehead atoms. The third-order valence-corrected chi connectivity index (χ3v) is 5.94. The van der Waals surface area contributed by atoms with Crippen molar-refractivity contribution in [2.45, 2.75) is 24.5 Å². The van der Waals surface area contributed by atoms with Crippen LogP contribution in [0.5, 0.6) is 0 Å². The lowest BCUT2D eigenvalue weighted by molar-refractivity contribution is -0.119. The maximum atomic E-state index is 14.9. The molecule has 2 heterocycles. The molecule has 166 valence electrons. The van der Waals surface area contributed by atoms with E-state index in [4.69, 9.17) is 4.74 Å². The van der Waals surface area contributed by atoms with Crippen LogP contribution in [0.25, 0.3) is 11.1 Å². The number of aryl methyl sites for hydroxylation is 1. The first-order chi connectivity index (χ1) is 15.5. The Bertz CT molecular complexity index is 1090. The van der Waals surface area contributed by atoms with Crippen LogP contribution in [0.15, 0.2) is 53.7 Å². The van der Waals surface area contributed by atoms with E-state index in [2.05, 4.69) is 20.7 Å². The van der Waals surface area contributed by atoms with Gasteiger partial charge in [0, 0.05) is 18.2 Å². The van der Waals surface area contributed by atoms with Gasteiger partial charge < -0.3 is 10.1 Å². The monoisotopic (exact) mass is 455 g/mol. The zero-order valence-corrected chi connectivity index (χ0v) is 18.2. The number of nitrogens with zero attached hydrogens (tertiary/aromatic N) is 3. The van der Waals surface area contributed by atoms with Gasteiger partial charge in [-0.2, -0.15) is 0 Å². The van der Waals surface area contributed by atoms with Gasteiger partial charge in [0.25, 0.3) is 0 Å². The first-order valence-corrected chi connectivity index (χ1v) is 11.1. The van der Waals surface area contributed by atoms with E-state index in [0.717, 1.165) is 28.3 Å². The van der Waals surface area contributed by atoms with Gasteiger partial charge in [0.2, 0.25) is 5.91 Å². The first kappa shape index (κ1) is 21.8. The van der Waals surface area contributed by atoms with Crippen LogP contribution < -0.4 is 10.2 Å². The number of H-pyrrole nitrogens is 1. The standard InChI is InChI=1S/C22H22FN5O3S/c1-14(29)24-11-18-13-28(22(30)31-18)17-6-7-19(20(23)10-17)16-4-2-15(3-5-16)8-9-32-21-12-25-27-26-21/h2-7,10,12,18H,8-9,11,13H2,1H3,(H,24,29)(H,25,26,27)/t18-/m0/s1. The number of amides is 2. The normalized spacial score (nSPS) is 15.6. The van der Waals surface area contributed by atoms with Gasteiger partial charge in [0.15, 0.2) is 0 Å². The summed E-state index contributed by atoms with van der Waals surface area (Å²) >= 11 is 1.64. The summed E-state index contributed by atoms with van der Waals surface area (Å²) in [5.74, 6) is 0.256. The van der Waals surface area contributed by atoms with Crippen LogP contribution in [-0.2, 0) is 16.0 Å². The molecule has 3 aromatic rings. The maximum Gasteiger partial charge on any atom is 0.414 e. The second-order valence-electron chi connectivity index (χ2n) is 7.33. The van der Waals surface area contributed by atoms with E-state index < -0.39 is 18.0 Å². The molecular formula is C22H22FN5O3S. The molecule has 2 aromatic carbocycles. The van der Waals surface area contributed by atoms with Crippen molar-refractivity contribution in [1.82, 2.24) is 20.7 Å². The van der Waals surface area contributed by atoms with Gasteiger partial charge in [-0.1, -0.05) is 29.5 Å². The minimum atomic E-state index is -0.555. The van der Waals surface area contributed by atoms with Crippen LogP contribution in [0.3, 0.4) is 0 Å². The average molecular weight is 456 g/mol. The number of carbonyl (C=O) groups is 2. The Morgan fingerprint density at radius 2 is 2.12 bits per heavy atom. The number of cyclic esters (lactones) is 1. The highest BCUT2D eigenvalue weighted by atomic mass is 32.2. The molecule has 8 nitrogen and oxygen atoms in total. The average Bonchev–Trinajstić information content (AvgIpc) is 3.42. The molecule has 0 saturated carbocycles. The summed E-state index contributed by atoms with van der Waals surface area (Å²) < 4.78 is 20.1. The molecular weight excluding hydrogens is 433 g/mol. The Kier molecular flexibility index (Phi) is 6.69. The number of aromatic amines is 1. The minimum absolute atomic E-state index is 0.199. The summed E-state index contributed by atoms with van der Waals surface area (Å²) in [5, 5.41) is 13.8. The molecule has 32 heavy (non-hydrogen) atoms. The van der Waals surface area contributed by atoms with Gasteiger partial charge in [-0.25, -0.2) is 9.18 Å². The van der Waals surface area contributed by atoms with Crippen molar-refractivity contribution in [3.8, 4) is 11.1 Å². The molecule has 1 aliphatic heterocycles. The highest BCUT2D eigenvalue weighted by molar-refractivity contribution is 7.99. The third-order valence-electron chi connectivity index (χ3n) is 5.02. The largest absolute Gasteiger partial charge is 0.442 e. The highest BCUT2D eigenvalue weighted by Crippen LogP contribution is 2.29. The summed E-state index contributed by atoms with van der Waals surface area (Å²) in [7, 11) is 0. The molecule has 1 saturated heterocycles. The van der Waals surface area contributed by atoms with Gasteiger partial charge >= 0.3 is 6.09 Å². The van der Waals surface area contributed by atoms with Crippen molar-refractivity contribution < 1.29 is 18.7 Å². The number of thioether (sulfide) groups is 1. The topological polar surface area (TPSA) is 100 Å². The van der Waals surface area contributed by atoms with E-state index in [1.54, 1.807) is 30.1 Å². The second kappa shape index (κ2) is 9.82. The fraction of sp³-hybridized carbons (Fsp3) is 0.273. The number of halogens is 1. The molecule has 1 aromatic heterocycles. The fourth-order valence-electron chi connectivity index (χ4n) is 3.39. The van der Waals surface area contributed by atoms with E-state index in [-0.39, 0.29) is 19.0 Å². The van der Waals surface area contributed by atoms with E-state index in [0.29, 0.717) is 11.3 Å². The van der Waals surface area contributed by atoms with E-state index in [1.165, 1.54) is 17.9 Å². The van der Waals surface area contributed by atoms with Crippen molar-refractivity contribution in [3.05, 3.63) is 60.0 Å². The van der Waals surface area contributed by atoms with Gasteiger partial charge in [-0.05, 0) is 35.7 Å². The molecule has 4 rings (SSSR count). The maximum absolute atomic E-state index is 14.9. The zero-order chi connectivity index (χ0) is 22.5. The Hall–Kier alpha value is -3.40. The van der Waals surface area contributed by atoms with Crippen LogP contribution in [0.1, 0.15) is 12.5 Å². The number of hydrogen-bond acceptors (Lipinski definition) is 6. The van der Waals surface area contributed by atoms with Crippen LogP contribution in [0, 0.1) is 5.82 Å². The van der Waals surface area contributed by atoms with Crippen LogP contribution in [-0.4, -0.2) is 52.4 Å². The molecule has 0 radical (unpaired) electrons. The molecule has 1 atom stereocenters. The predicted molar refractivity (Wildman–Crippen MR) is 119 cm³/mol. The number of carbonyl (C=O) groups excluding carboxylic acids is 2. The van der Waals surface area contributed by atoms with Gasteiger partial charge in [0.05, 0.1) is 25.0 Å². The highest BCUT2D eigenvalue weighted by Gasteiger charge is 2.32. The molecule has 1 aliphatic rings. The number of nitrogens with one attached hydrogen (secondary N) is 2. The lowest BCUT2D eigenvalue weighted by Crippen LogP contribution is -2.33. The fourth-order valence-corrected chi connectivity index (χ4v) is 4.17. The lowest BCUT2D eigenvalue weighted by Gasteiger charge is -2.14. The molecule has 0 spiro atoms. The Morgan fingerprint density at radius 3 is 2.81 bits per heavy atom. The predicted octanol–water partition coefficient (Wildman–Crippen LogP) is 3.41. The Morgan fingerprint density at radius 1 is 1.31 bits per heavy atom.